The van der Waals surface area contributed by atoms with Crippen LogP contribution in [0.4, 0.5) is 5.69 Å². The summed E-state index contributed by atoms with van der Waals surface area (Å²) in [5.41, 5.74) is 0.721. The summed E-state index contributed by atoms with van der Waals surface area (Å²) in [7, 11) is 0. The molecule has 0 saturated heterocycles. The molecule has 0 spiro atoms. The number of hydrogen-bond acceptors (Lipinski definition) is 4. The lowest BCUT2D eigenvalue weighted by atomic mass is 10.1. The Labute approximate surface area is 125 Å². The molecule has 0 saturated carbocycles. The Hall–Kier alpha value is -1.95. The van der Waals surface area contributed by atoms with Crippen molar-refractivity contribution in [1.82, 2.24) is 10.2 Å². The first-order valence-corrected chi connectivity index (χ1v) is 7.21. The number of carbonyl (C=O) groups excluding carboxylic acids is 1. The van der Waals surface area contributed by atoms with Gasteiger partial charge in [-0.3, -0.25) is 19.8 Å². The van der Waals surface area contributed by atoms with Crippen LogP contribution in [0, 0.1) is 10.1 Å². The molecule has 116 valence electrons. The van der Waals surface area contributed by atoms with E-state index in [1.165, 1.54) is 6.07 Å². The van der Waals surface area contributed by atoms with E-state index < -0.39 is 0 Å². The Morgan fingerprint density at radius 2 is 2.05 bits per heavy atom. The lowest BCUT2D eigenvalue weighted by Crippen LogP contribution is -2.40. The van der Waals surface area contributed by atoms with Gasteiger partial charge in [-0.15, -0.1) is 0 Å². The quantitative estimate of drug-likeness (QED) is 0.589. The molecule has 1 rings (SSSR count). The van der Waals surface area contributed by atoms with Crippen molar-refractivity contribution >= 4 is 11.6 Å². The zero-order chi connectivity index (χ0) is 15.8. The number of nitrogens with one attached hydrogen (secondary N) is 1. The highest BCUT2D eigenvalue weighted by Gasteiger charge is 2.17. The molecular formula is C15H23N3O3. The molecule has 1 atom stereocenters. The Balaban J connectivity index is 2.70. The number of carbonyl (C=O) groups is 1. The van der Waals surface area contributed by atoms with Gasteiger partial charge in [0, 0.05) is 24.2 Å². The van der Waals surface area contributed by atoms with E-state index in [9.17, 15) is 14.9 Å². The molecule has 1 N–H and O–H groups in total. The van der Waals surface area contributed by atoms with Crippen molar-refractivity contribution in [2.24, 2.45) is 0 Å². The number of hydrogen-bond donors (Lipinski definition) is 1. The van der Waals surface area contributed by atoms with Gasteiger partial charge in [0.1, 0.15) is 0 Å². The fourth-order valence-electron chi connectivity index (χ4n) is 1.97. The molecule has 6 nitrogen and oxygen atoms in total. The van der Waals surface area contributed by atoms with Gasteiger partial charge in [0.05, 0.1) is 11.5 Å². The monoisotopic (exact) mass is 293 g/mol. The highest BCUT2D eigenvalue weighted by molar-refractivity contribution is 5.78. The molecule has 0 heterocycles. The molecule has 0 aromatic heterocycles. The number of amides is 1. The highest BCUT2D eigenvalue weighted by atomic mass is 16.6. The van der Waals surface area contributed by atoms with Crippen LogP contribution in [0.3, 0.4) is 0 Å². The molecule has 6 heteroatoms. The van der Waals surface area contributed by atoms with Crippen LogP contribution in [0.25, 0.3) is 0 Å². The minimum absolute atomic E-state index is 0.0511. The van der Waals surface area contributed by atoms with Crippen LogP contribution >= 0.6 is 0 Å². The summed E-state index contributed by atoms with van der Waals surface area (Å²) < 4.78 is 0. The summed E-state index contributed by atoms with van der Waals surface area (Å²) in [6.07, 6.45) is 0.877. The lowest BCUT2D eigenvalue weighted by molar-refractivity contribution is -0.385. The van der Waals surface area contributed by atoms with Crippen LogP contribution in [0.1, 0.15) is 32.8 Å². The van der Waals surface area contributed by atoms with Gasteiger partial charge < -0.3 is 5.32 Å². The van der Waals surface area contributed by atoms with Gasteiger partial charge in [0.15, 0.2) is 0 Å². The van der Waals surface area contributed by atoms with Gasteiger partial charge in [0.2, 0.25) is 5.91 Å². The first-order chi connectivity index (χ1) is 9.97. The summed E-state index contributed by atoms with van der Waals surface area (Å²) in [4.78, 5) is 24.4. The van der Waals surface area contributed by atoms with E-state index >= 15 is 0 Å². The van der Waals surface area contributed by atoms with Crippen molar-refractivity contribution in [3.05, 3.63) is 39.9 Å². The molecule has 0 fully saturated rings. The minimum atomic E-state index is -0.387. The number of nitro benzene ring substituents is 1. The van der Waals surface area contributed by atoms with Crippen LogP contribution < -0.4 is 5.32 Å². The van der Waals surface area contributed by atoms with Crippen molar-refractivity contribution in [2.75, 3.05) is 13.1 Å². The van der Waals surface area contributed by atoms with E-state index in [-0.39, 0.29) is 29.1 Å². The van der Waals surface area contributed by atoms with Crippen molar-refractivity contribution in [1.29, 1.82) is 0 Å². The maximum Gasteiger partial charge on any atom is 0.273 e. The zero-order valence-electron chi connectivity index (χ0n) is 12.8. The second-order valence-electron chi connectivity index (χ2n) is 5.07. The third-order valence-electron chi connectivity index (χ3n) is 3.42. The zero-order valence-corrected chi connectivity index (χ0v) is 12.8. The van der Waals surface area contributed by atoms with Gasteiger partial charge in [-0.25, -0.2) is 0 Å². The molecule has 0 bridgehead atoms. The molecule has 1 aromatic rings. The molecule has 0 aliphatic carbocycles. The van der Waals surface area contributed by atoms with E-state index in [0.29, 0.717) is 18.7 Å². The van der Waals surface area contributed by atoms with Crippen LogP contribution in [-0.4, -0.2) is 34.9 Å². The lowest BCUT2D eigenvalue weighted by Gasteiger charge is -2.21. The number of nitrogens with zero attached hydrogens (tertiary/aromatic N) is 2. The average molecular weight is 293 g/mol. The molecule has 21 heavy (non-hydrogen) atoms. The fraction of sp³-hybridized carbons (Fsp3) is 0.533. The normalized spacial score (nSPS) is 12.2. The topological polar surface area (TPSA) is 75.5 Å². The van der Waals surface area contributed by atoms with E-state index in [1.54, 1.807) is 18.2 Å². The summed E-state index contributed by atoms with van der Waals surface area (Å²) >= 11 is 0. The minimum Gasteiger partial charge on any atom is -0.353 e. The fourth-order valence-corrected chi connectivity index (χ4v) is 1.97. The van der Waals surface area contributed by atoms with E-state index in [0.717, 1.165) is 6.42 Å². The maximum absolute atomic E-state index is 11.9. The number of benzene rings is 1. The Bertz CT molecular complexity index is 491. The number of para-hydroxylation sites is 1. The van der Waals surface area contributed by atoms with Gasteiger partial charge in [-0.1, -0.05) is 32.0 Å². The van der Waals surface area contributed by atoms with Crippen molar-refractivity contribution in [3.8, 4) is 0 Å². The van der Waals surface area contributed by atoms with Crippen LogP contribution in [-0.2, 0) is 11.3 Å². The average Bonchev–Trinajstić information content (AvgIpc) is 2.46. The molecule has 0 radical (unpaired) electrons. The molecular weight excluding hydrogens is 270 g/mol. The molecule has 0 aliphatic rings. The first-order valence-electron chi connectivity index (χ1n) is 7.21. The number of likely N-dealkylation sites (N-methyl/N-ethyl adjacent to an activating group) is 1. The molecule has 0 aliphatic heterocycles. The van der Waals surface area contributed by atoms with Crippen LogP contribution in [0.15, 0.2) is 24.3 Å². The summed E-state index contributed by atoms with van der Waals surface area (Å²) in [6, 6.07) is 6.78. The second kappa shape index (κ2) is 8.36. The third-order valence-corrected chi connectivity index (χ3v) is 3.42. The van der Waals surface area contributed by atoms with E-state index in [4.69, 9.17) is 0 Å². The Morgan fingerprint density at radius 1 is 1.38 bits per heavy atom. The molecule has 1 amide bonds. The summed E-state index contributed by atoms with van der Waals surface area (Å²) in [5, 5.41) is 13.9. The van der Waals surface area contributed by atoms with Crippen molar-refractivity contribution in [2.45, 2.75) is 39.8 Å². The van der Waals surface area contributed by atoms with Gasteiger partial charge in [-0.2, -0.15) is 0 Å². The first kappa shape index (κ1) is 17.1. The standard InChI is InChI=1S/C15H23N3O3/c1-4-12(3)16-15(19)11-17(5-2)10-13-8-6-7-9-14(13)18(20)21/h6-9,12H,4-5,10-11H2,1-3H3,(H,16,19)/t12-/m1/s1. The Morgan fingerprint density at radius 3 is 2.62 bits per heavy atom. The van der Waals surface area contributed by atoms with Crippen molar-refractivity contribution in [3.63, 3.8) is 0 Å². The van der Waals surface area contributed by atoms with Gasteiger partial charge in [0.25, 0.3) is 5.69 Å². The third kappa shape index (κ3) is 5.51. The molecule has 1 aromatic carbocycles. The van der Waals surface area contributed by atoms with Crippen LogP contribution in [0.2, 0.25) is 0 Å². The number of rotatable bonds is 8. The predicted molar refractivity (Wildman–Crippen MR) is 81.9 cm³/mol. The highest BCUT2D eigenvalue weighted by Crippen LogP contribution is 2.19. The van der Waals surface area contributed by atoms with E-state index in [2.05, 4.69) is 5.32 Å². The van der Waals surface area contributed by atoms with Crippen LogP contribution in [0.5, 0.6) is 0 Å². The summed E-state index contributed by atoms with van der Waals surface area (Å²) in [5.74, 6) is -0.0511. The van der Waals surface area contributed by atoms with E-state index in [1.807, 2.05) is 25.7 Å². The molecule has 0 unspecified atom stereocenters. The van der Waals surface area contributed by atoms with Crippen molar-refractivity contribution < 1.29 is 9.72 Å². The maximum atomic E-state index is 11.9. The summed E-state index contributed by atoms with van der Waals surface area (Å²) in [6.45, 7) is 7.19. The smallest absolute Gasteiger partial charge is 0.273 e. The van der Waals surface area contributed by atoms with Gasteiger partial charge >= 0.3 is 0 Å². The Kier molecular flexibility index (Phi) is 6.81. The predicted octanol–water partition coefficient (Wildman–Crippen LogP) is 2.33. The van der Waals surface area contributed by atoms with Gasteiger partial charge in [-0.05, 0) is 19.9 Å². The largest absolute Gasteiger partial charge is 0.353 e. The SMILES string of the molecule is CC[C@@H](C)NC(=O)CN(CC)Cc1ccccc1[N+](=O)[O-]. The number of nitro groups is 1. The second-order valence-corrected chi connectivity index (χ2v) is 5.07.